The van der Waals surface area contributed by atoms with Crippen LogP contribution in [0.2, 0.25) is 0 Å². The topological polar surface area (TPSA) is 46.3 Å². The van der Waals surface area contributed by atoms with Crippen LogP contribution in [0.1, 0.15) is 24.8 Å². The van der Waals surface area contributed by atoms with Crippen LogP contribution in [-0.4, -0.2) is 18.1 Å². The van der Waals surface area contributed by atoms with E-state index in [1.54, 1.807) is 0 Å². The predicted octanol–water partition coefficient (Wildman–Crippen LogP) is 3.70. The second kappa shape index (κ2) is 4.84. The summed E-state index contributed by atoms with van der Waals surface area (Å²) in [5.74, 6) is 0. The lowest BCUT2D eigenvalue weighted by Crippen LogP contribution is -2.29. The van der Waals surface area contributed by atoms with Crippen LogP contribution in [-0.2, 0) is 0 Å². The van der Waals surface area contributed by atoms with Crippen LogP contribution in [0, 0.1) is 6.92 Å². The van der Waals surface area contributed by atoms with Crippen molar-refractivity contribution in [2.24, 2.45) is 0 Å². The zero-order valence-corrected chi connectivity index (χ0v) is 12.7. The molecule has 0 N–H and O–H groups in total. The number of rotatable bonds is 1. The molecule has 0 aliphatic carbocycles. The van der Waals surface area contributed by atoms with Gasteiger partial charge in [0.2, 0.25) is 11.1 Å². The molecule has 0 unspecified atom stereocenters. The number of nitrogens with zero attached hydrogens (tertiary/aromatic N) is 2. The second-order valence-corrected chi connectivity index (χ2v) is 6.59. The zero-order chi connectivity index (χ0) is 14.4. The first-order valence-corrected chi connectivity index (χ1v) is 8.13. The molecule has 21 heavy (non-hydrogen) atoms. The maximum absolute atomic E-state index is 12.6. The van der Waals surface area contributed by atoms with E-state index in [1.165, 1.54) is 30.6 Å². The number of fused-ring (bicyclic) bond motifs is 2. The standard InChI is InChI=1S/C16H16N2O2S/c1-10-5-6-12-11(9-10)13(19)14-15(20-12)17-16(21-14)18-7-3-2-4-8-18/h5-6,9H,2-4,7-8H2,1H3. The molecule has 3 heterocycles. The van der Waals surface area contributed by atoms with E-state index in [-0.39, 0.29) is 5.43 Å². The van der Waals surface area contributed by atoms with Gasteiger partial charge in [-0.2, -0.15) is 4.98 Å². The number of anilines is 1. The van der Waals surface area contributed by atoms with Gasteiger partial charge in [-0.25, -0.2) is 0 Å². The van der Waals surface area contributed by atoms with Crippen molar-refractivity contribution in [3.05, 3.63) is 34.0 Å². The third-order valence-electron chi connectivity index (χ3n) is 4.00. The summed E-state index contributed by atoms with van der Waals surface area (Å²) in [6, 6.07) is 5.70. The summed E-state index contributed by atoms with van der Waals surface area (Å²) in [6.45, 7) is 4.02. The molecule has 3 aromatic rings. The Morgan fingerprint density at radius 1 is 1.24 bits per heavy atom. The van der Waals surface area contributed by atoms with E-state index in [1.807, 2.05) is 25.1 Å². The van der Waals surface area contributed by atoms with Gasteiger partial charge in [0.05, 0.1) is 5.39 Å². The summed E-state index contributed by atoms with van der Waals surface area (Å²) < 4.78 is 6.46. The smallest absolute Gasteiger partial charge is 0.243 e. The van der Waals surface area contributed by atoms with Crippen molar-refractivity contribution < 1.29 is 4.42 Å². The average molecular weight is 300 g/mol. The Bertz CT molecular complexity index is 875. The Balaban J connectivity index is 1.92. The molecule has 1 saturated heterocycles. The van der Waals surface area contributed by atoms with E-state index >= 15 is 0 Å². The maximum Gasteiger partial charge on any atom is 0.243 e. The normalized spacial score (nSPS) is 16.0. The molecule has 0 radical (unpaired) electrons. The van der Waals surface area contributed by atoms with Crippen molar-refractivity contribution >= 4 is 37.9 Å². The number of thiazole rings is 1. The Hall–Kier alpha value is -1.88. The maximum atomic E-state index is 12.6. The number of aryl methyl sites for hydroxylation is 1. The Labute approximate surface area is 126 Å². The number of aromatic nitrogens is 1. The van der Waals surface area contributed by atoms with Crippen LogP contribution in [0.3, 0.4) is 0 Å². The first-order chi connectivity index (χ1) is 10.2. The fraction of sp³-hybridized carbons (Fsp3) is 0.375. The second-order valence-electron chi connectivity index (χ2n) is 5.61. The van der Waals surface area contributed by atoms with Crippen molar-refractivity contribution in [1.29, 1.82) is 0 Å². The molecule has 0 amide bonds. The molecule has 0 spiro atoms. The fourth-order valence-corrected chi connectivity index (χ4v) is 3.87. The average Bonchev–Trinajstić information content (AvgIpc) is 2.94. The Morgan fingerprint density at radius 3 is 2.86 bits per heavy atom. The van der Waals surface area contributed by atoms with E-state index in [0.717, 1.165) is 23.8 Å². The molecule has 0 saturated carbocycles. The third-order valence-corrected chi connectivity index (χ3v) is 5.10. The zero-order valence-electron chi connectivity index (χ0n) is 11.9. The van der Waals surface area contributed by atoms with Gasteiger partial charge in [0, 0.05) is 13.1 Å². The minimum absolute atomic E-state index is 0.0377. The molecule has 4 nitrogen and oxygen atoms in total. The molecule has 4 rings (SSSR count). The highest BCUT2D eigenvalue weighted by Gasteiger charge is 2.18. The molecular weight excluding hydrogens is 284 g/mol. The van der Waals surface area contributed by atoms with Crippen LogP contribution in [0.5, 0.6) is 0 Å². The fourth-order valence-electron chi connectivity index (χ4n) is 2.87. The highest BCUT2D eigenvalue weighted by molar-refractivity contribution is 7.22. The summed E-state index contributed by atoms with van der Waals surface area (Å²) in [4.78, 5) is 19.4. The van der Waals surface area contributed by atoms with E-state index in [9.17, 15) is 4.79 Å². The number of piperidine rings is 1. The predicted molar refractivity (Wildman–Crippen MR) is 86.5 cm³/mol. The van der Waals surface area contributed by atoms with Crippen LogP contribution in [0.15, 0.2) is 27.4 Å². The molecule has 0 bridgehead atoms. The van der Waals surface area contributed by atoms with Gasteiger partial charge in [-0.1, -0.05) is 23.0 Å². The molecule has 5 heteroatoms. The van der Waals surface area contributed by atoms with Gasteiger partial charge in [0.25, 0.3) is 0 Å². The summed E-state index contributed by atoms with van der Waals surface area (Å²) in [7, 11) is 0. The largest absolute Gasteiger partial charge is 0.437 e. The molecular formula is C16H16N2O2S. The van der Waals surface area contributed by atoms with Crippen LogP contribution in [0.25, 0.3) is 21.4 Å². The lowest BCUT2D eigenvalue weighted by Gasteiger charge is -2.25. The quantitative estimate of drug-likeness (QED) is 0.687. The van der Waals surface area contributed by atoms with E-state index in [0.29, 0.717) is 21.4 Å². The Kier molecular flexibility index (Phi) is 2.96. The van der Waals surface area contributed by atoms with Crippen LogP contribution in [0.4, 0.5) is 5.13 Å². The minimum Gasteiger partial charge on any atom is -0.437 e. The van der Waals surface area contributed by atoms with Gasteiger partial charge in [0.15, 0.2) is 5.13 Å². The lowest BCUT2D eigenvalue weighted by molar-refractivity contribution is 0.575. The number of hydrogen-bond donors (Lipinski definition) is 0. The molecule has 1 aromatic carbocycles. The monoisotopic (exact) mass is 300 g/mol. The number of benzene rings is 1. The highest BCUT2D eigenvalue weighted by Crippen LogP contribution is 2.30. The SMILES string of the molecule is Cc1ccc2oc3nc(N4CCCCC4)sc3c(=O)c2c1. The molecule has 0 atom stereocenters. The van der Waals surface area contributed by atoms with Crippen LogP contribution < -0.4 is 10.3 Å². The van der Waals surface area contributed by atoms with E-state index < -0.39 is 0 Å². The van der Waals surface area contributed by atoms with E-state index in [4.69, 9.17) is 4.42 Å². The van der Waals surface area contributed by atoms with E-state index in [2.05, 4.69) is 9.88 Å². The summed E-state index contributed by atoms with van der Waals surface area (Å²) in [5, 5.41) is 1.56. The van der Waals surface area contributed by atoms with Crippen molar-refractivity contribution in [3.63, 3.8) is 0 Å². The first kappa shape index (κ1) is 12.8. The van der Waals surface area contributed by atoms with Gasteiger partial charge in [-0.15, -0.1) is 0 Å². The first-order valence-electron chi connectivity index (χ1n) is 7.31. The molecule has 2 aromatic heterocycles. The van der Waals surface area contributed by atoms with Gasteiger partial charge in [-0.05, 0) is 38.3 Å². The van der Waals surface area contributed by atoms with Gasteiger partial charge in [-0.3, -0.25) is 4.79 Å². The summed E-state index contributed by atoms with van der Waals surface area (Å²) in [5.41, 5.74) is 2.20. The Morgan fingerprint density at radius 2 is 2.05 bits per heavy atom. The molecule has 1 aliphatic rings. The van der Waals surface area contributed by atoms with Gasteiger partial charge >= 0.3 is 0 Å². The number of hydrogen-bond acceptors (Lipinski definition) is 5. The van der Waals surface area contributed by atoms with Gasteiger partial charge in [0.1, 0.15) is 10.3 Å². The third kappa shape index (κ3) is 2.12. The highest BCUT2D eigenvalue weighted by atomic mass is 32.1. The molecule has 1 fully saturated rings. The van der Waals surface area contributed by atoms with Crippen molar-refractivity contribution in [3.8, 4) is 0 Å². The lowest BCUT2D eigenvalue weighted by atomic mass is 10.1. The summed E-state index contributed by atoms with van der Waals surface area (Å²) >= 11 is 1.46. The van der Waals surface area contributed by atoms with Crippen molar-refractivity contribution in [2.75, 3.05) is 18.0 Å². The molecule has 1 aliphatic heterocycles. The summed E-state index contributed by atoms with van der Waals surface area (Å²) in [6.07, 6.45) is 3.67. The van der Waals surface area contributed by atoms with Crippen LogP contribution >= 0.6 is 11.3 Å². The van der Waals surface area contributed by atoms with Crippen molar-refractivity contribution in [2.45, 2.75) is 26.2 Å². The molecule has 108 valence electrons. The minimum atomic E-state index is 0.0377. The van der Waals surface area contributed by atoms with Gasteiger partial charge < -0.3 is 9.32 Å². The van der Waals surface area contributed by atoms with Crippen molar-refractivity contribution in [1.82, 2.24) is 4.98 Å².